The van der Waals surface area contributed by atoms with Gasteiger partial charge in [-0.15, -0.1) is 0 Å². The van der Waals surface area contributed by atoms with Crippen LogP contribution in [0.25, 0.3) is 6.08 Å². The molecule has 0 radical (unpaired) electrons. The van der Waals surface area contributed by atoms with E-state index in [1.54, 1.807) is 0 Å². The van der Waals surface area contributed by atoms with Crippen molar-refractivity contribution in [2.45, 2.75) is 0 Å². The molecule has 0 saturated heterocycles. The van der Waals surface area contributed by atoms with Crippen LogP contribution in [-0.4, -0.2) is 5.75 Å². The first-order valence-corrected chi connectivity index (χ1v) is 4.00. The highest BCUT2D eigenvalue weighted by Crippen LogP contribution is 1.87. The van der Waals surface area contributed by atoms with Crippen molar-refractivity contribution in [3.05, 3.63) is 34.0 Å². The van der Waals surface area contributed by atoms with Gasteiger partial charge in [0.2, 0.25) is 4.51 Å². The van der Waals surface area contributed by atoms with E-state index in [2.05, 4.69) is 30.3 Å². The summed E-state index contributed by atoms with van der Waals surface area (Å²) in [6.07, 6.45) is 2.26. The van der Waals surface area contributed by atoms with Gasteiger partial charge in [0.05, 0.1) is 0 Å². The number of hydrogen-bond acceptors (Lipinski definition) is 0. The topological polar surface area (TPSA) is 0 Å². The molecular formula is C8H7S+. The van der Waals surface area contributed by atoms with E-state index in [0.717, 1.165) is 5.75 Å². The lowest BCUT2D eigenvalue weighted by Gasteiger charge is -1.71. The molecule has 2 rings (SSSR count). The Kier molecular flexibility index (Phi) is 1.09. The Labute approximate surface area is 57.8 Å². The van der Waals surface area contributed by atoms with Gasteiger partial charge in [-0.05, 0) is 12.1 Å². The van der Waals surface area contributed by atoms with Crippen LogP contribution in [0.15, 0.2) is 24.3 Å². The smallest absolute Gasteiger partial charge is 0.0613 e. The van der Waals surface area contributed by atoms with Crippen LogP contribution < -0.4 is 5.22 Å². The normalized spacial score (nSPS) is 13.8. The first-order chi connectivity index (χ1) is 4.47. The molecule has 0 atom stereocenters. The summed E-state index contributed by atoms with van der Waals surface area (Å²) in [6.45, 7) is 0. The molecule has 44 valence electrons. The van der Waals surface area contributed by atoms with E-state index in [-0.39, 0.29) is 0 Å². The predicted octanol–water partition coefficient (Wildman–Crippen LogP) is 0.814. The second kappa shape index (κ2) is 1.92. The minimum atomic E-state index is 1.15. The Balaban J connectivity index is 2.97. The van der Waals surface area contributed by atoms with Crippen molar-refractivity contribution in [2.75, 3.05) is 5.75 Å². The van der Waals surface area contributed by atoms with E-state index in [9.17, 15) is 0 Å². The van der Waals surface area contributed by atoms with Crippen molar-refractivity contribution in [3.63, 3.8) is 0 Å². The highest BCUT2D eigenvalue weighted by atomic mass is 32.1. The average molecular weight is 135 g/mol. The zero-order chi connectivity index (χ0) is 6.10. The molecule has 1 heteroatoms. The van der Waals surface area contributed by atoms with Crippen molar-refractivity contribution < 1.29 is 0 Å². The molecule has 0 unspecified atom stereocenters. The summed E-state index contributed by atoms with van der Waals surface area (Å²) in [4.78, 5) is 0. The van der Waals surface area contributed by atoms with Gasteiger partial charge in [0.15, 0.2) is 17.1 Å². The van der Waals surface area contributed by atoms with Gasteiger partial charge in [0.25, 0.3) is 0 Å². The molecule has 1 aromatic carbocycles. The van der Waals surface area contributed by atoms with Crippen LogP contribution in [0.5, 0.6) is 0 Å². The van der Waals surface area contributed by atoms with E-state index in [4.69, 9.17) is 0 Å². The molecule has 0 bridgehead atoms. The molecule has 1 heterocycles. The van der Waals surface area contributed by atoms with Crippen molar-refractivity contribution in [1.82, 2.24) is 0 Å². The van der Waals surface area contributed by atoms with Crippen molar-refractivity contribution in [1.29, 1.82) is 0 Å². The van der Waals surface area contributed by atoms with Gasteiger partial charge >= 0.3 is 0 Å². The highest BCUT2D eigenvalue weighted by Gasteiger charge is 2.02. The molecule has 0 N–H and O–H groups in total. The Bertz CT molecular complexity index is 292. The molecule has 0 fully saturated rings. The largest absolute Gasteiger partial charge is 0.231 e. The summed E-state index contributed by atoms with van der Waals surface area (Å²) < 4.78 is 1.43. The predicted molar refractivity (Wildman–Crippen MR) is 41.6 cm³/mol. The van der Waals surface area contributed by atoms with Crippen LogP contribution in [0, 0.1) is 4.51 Å². The van der Waals surface area contributed by atoms with Gasteiger partial charge in [0.1, 0.15) is 0 Å². The number of hydrogen-bond donors (Lipinski definition) is 0. The summed E-state index contributed by atoms with van der Waals surface area (Å²) in [5.41, 5.74) is 0. The third kappa shape index (κ3) is 0.775. The van der Waals surface area contributed by atoms with Crippen molar-refractivity contribution in [2.24, 2.45) is 0 Å². The van der Waals surface area contributed by atoms with Crippen LogP contribution in [0.3, 0.4) is 0 Å². The van der Waals surface area contributed by atoms with Crippen LogP contribution >= 0.6 is 0 Å². The van der Waals surface area contributed by atoms with Gasteiger partial charge < -0.3 is 0 Å². The molecule has 0 aliphatic carbocycles. The van der Waals surface area contributed by atoms with Crippen molar-refractivity contribution in [3.8, 4) is 0 Å². The molecule has 0 saturated carbocycles. The fourth-order valence-corrected chi connectivity index (χ4v) is 1.94. The lowest BCUT2D eigenvalue weighted by atomic mass is 10.3. The van der Waals surface area contributed by atoms with Crippen molar-refractivity contribution >= 4 is 17.4 Å². The lowest BCUT2D eigenvalue weighted by molar-refractivity contribution is 1.58. The molecule has 0 spiro atoms. The van der Waals surface area contributed by atoms with E-state index in [1.807, 2.05) is 11.4 Å². The van der Waals surface area contributed by atoms with Crippen LogP contribution in [0.4, 0.5) is 0 Å². The van der Waals surface area contributed by atoms with Crippen LogP contribution in [0.2, 0.25) is 0 Å². The Morgan fingerprint density at radius 3 is 3.00 bits per heavy atom. The van der Waals surface area contributed by atoms with E-state index < -0.39 is 0 Å². The molecular weight excluding hydrogens is 128 g/mol. The summed E-state index contributed by atoms with van der Waals surface area (Å²) in [6, 6.07) is 8.51. The Hall–Kier alpha value is -0.690. The van der Waals surface area contributed by atoms with E-state index in [1.165, 1.54) is 9.73 Å². The zero-order valence-electron chi connectivity index (χ0n) is 5.00. The summed E-state index contributed by atoms with van der Waals surface area (Å²) in [5.74, 6) is 1.15. The second-order valence-electron chi connectivity index (χ2n) is 2.05. The molecule has 1 aliphatic rings. The maximum atomic E-state index is 2.26. The minimum Gasteiger partial charge on any atom is -0.0613 e. The maximum absolute atomic E-state index is 2.26. The first-order valence-electron chi connectivity index (χ1n) is 3.02. The van der Waals surface area contributed by atoms with Gasteiger partial charge in [-0.3, -0.25) is 0 Å². The van der Waals surface area contributed by atoms with Gasteiger partial charge in [-0.1, -0.05) is 12.1 Å². The first kappa shape index (κ1) is 5.12. The average Bonchev–Trinajstić information content (AvgIpc) is 2.33. The molecule has 0 aromatic heterocycles. The Morgan fingerprint density at radius 2 is 2.11 bits per heavy atom. The van der Waals surface area contributed by atoms with E-state index in [0.29, 0.717) is 0 Å². The van der Waals surface area contributed by atoms with Crippen LogP contribution in [0.1, 0.15) is 0 Å². The highest BCUT2D eigenvalue weighted by molar-refractivity contribution is 7.70. The summed E-state index contributed by atoms with van der Waals surface area (Å²) in [7, 11) is 0. The quantitative estimate of drug-likeness (QED) is 0.365. The molecule has 9 heavy (non-hydrogen) atoms. The fraction of sp³-hybridized carbons (Fsp3) is 0.125. The van der Waals surface area contributed by atoms with E-state index >= 15 is 0 Å². The second-order valence-corrected chi connectivity index (χ2v) is 3.11. The maximum Gasteiger partial charge on any atom is 0.231 e. The molecule has 1 aliphatic heterocycles. The van der Waals surface area contributed by atoms with Gasteiger partial charge in [-0.25, -0.2) is 0 Å². The minimum absolute atomic E-state index is 1.15. The van der Waals surface area contributed by atoms with Gasteiger partial charge in [-0.2, -0.15) is 0 Å². The molecule has 1 aromatic rings. The fourth-order valence-electron chi connectivity index (χ4n) is 1.00. The third-order valence-corrected chi connectivity index (χ3v) is 2.48. The lowest BCUT2D eigenvalue weighted by Crippen LogP contribution is -1.96. The summed E-state index contributed by atoms with van der Waals surface area (Å²) >= 11 is 1.91. The SMILES string of the molecule is C1=c2ccccc2=[S+]C1. The zero-order valence-corrected chi connectivity index (χ0v) is 5.82. The van der Waals surface area contributed by atoms with Gasteiger partial charge in [0, 0.05) is 11.3 Å². The standard InChI is InChI=1S/C8H7S/c1-2-4-8-7(3-1)5-6-9-8/h1-5H,6H2/q+1. The molecule has 0 amide bonds. The number of benzene rings is 1. The molecule has 0 nitrogen and oxygen atoms in total. The monoisotopic (exact) mass is 135 g/mol. The van der Waals surface area contributed by atoms with Crippen LogP contribution in [-0.2, 0) is 11.4 Å². The number of rotatable bonds is 0. The summed E-state index contributed by atoms with van der Waals surface area (Å²) in [5, 5.41) is 1.41. The Morgan fingerprint density at radius 1 is 1.22 bits per heavy atom. The third-order valence-electron chi connectivity index (χ3n) is 1.46. The number of fused-ring (bicyclic) bond motifs is 1.